The van der Waals surface area contributed by atoms with Gasteiger partial charge in [0.15, 0.2) is 0 Å². The maximum Gasteiger partial charge on any atom is 0.208 e. The van der Waals surface area contributed by atoms with Crippen molar-refractivity contribution in [3.63, 3.8) is 0 Å². The third-order valence-electron chi connectivity index (χ3n) is 2.40. The molecule has 0 radical (unpaired) electrons. The van der Waals surface area contributed by atoms with E-state index in [-0.39, 0.29) is 17.3 Å². The molecule has 0 aliphatic carbocycles. The highest BCUT2D eigenvalue weighted by molar-refractivity contribution is 5.74. The van der Waals surface area contributed by atoms with Gasteiger partial charge in [0.05, 0.1) is 0 Å². The van der Waals surface area contributed by atoms with Gasteiger partial charge in [-0.3, -0.25) is 0 Å². The van der Waals surface area contributed by atoms with E-state index in [0.29, 0.717) is 11.1 Å². The van der Waals surface area contributed by atoms with E-state index in [0.717, 1.165) is 5.56 Å². The summed E-state index contributed by atoms with van der Waals surface area (Å²) in [5.41, 5.74) is 7.60. The van der Waals surface area contributed by atoms with E-state index in [9.17, 15) is 4.39 Å². The number of furan rings is 1. The third-order valence-corrected chi connectivity index (χ3v) is 2.40. The molecule has 2 N–H and O–H groups in total. The van der Waals surface area contributed by atoms with Crippen LogP contribution in [-0.4, -0.2) is 0 Å². The molecule has 0 saturated carbocycles. The first kappa shape index (κ1) is 10.2. The van der Waals surface area contributed by atoms with Gasteiger partial charge in [0.1, 0.15) is 23.7 Å². The van der Waals surface area contributed by atoms with Crippen molar-refractivity contribution in [2.24, 2.45) is 0 Å². The first-order valence-electron chi connectivity index (χ1n) is 4.67. The van der Waals surface area contributed by atoms with Crippen LogP contribution < -0.4 is 5.73 Å². The summed E-state index contributed by atoms with van der Waals surface area (Å²) in [6, 6.07) is 6.56. The number of halogens is 1. The van der Waals surface area contributed by atoms with Gasteiger partial charge in [0.25, 0.3) is 0 Å². The molecule has 0 fully saturated rings. The Balaban J connectivity index is 2.60. The van der Waals surface area contributed by atoms with Gasteiger partial charge in [0.2, 0.25) is 5.88 Å². The highest BCUT2D eigenvalue weighted by atomic mass is 19.1. The summed E-state index contributed by atoms with van der Waals surface area (Å²) in [6.07, 6.45) is 1.40. The van der Waals surface area contributed by atoms with E-state index in [1.807, 2.05) is 6.07 Å². The summed E-state index contributed by atoms with van der Waals surface area (Å²) in [6.45, 7) is 1.66. The summed E-state index contributed by atoms with van der Waals surface area (Å²) < 4.78 is 18.1. The van der Waals surface area contributed by atoms with Crippen LogP contribution in [0.4, 0.5) is 10.3 Å². The fourth-order valence-corrected chi connectivity index (χ4v) is 1.51. The number of hydrogen-bond acceptors (Lipinski definition) is 3. The number of rotatable bonds is 1. The van der Waals surface area contributed by atoms with Crippen LogP contribution in [0, 0.1) is 24.1 Å². The largest absolute Gasteiger partial charge is 0.447 e. The van der Waals surface area contributed by atoms with Crippen molar-refractivity contribution in [1.29, 1.82) is 5.26 Å². The number of nitrogens with two attached hydrogens (primary N) is 1. The van der Waals surface area contributed by atoms with Crippen LogP contribution in [0.5, 0.6) is 0 Å². The second-order valence-corrected chi connectivity index (χ2v) is 3.46. The van der Waals surface area contributed by atoms with Crippen molar-refractivity contribution in [2.75, 3.05) is 5.73 Å². The fraction of sp³-hybridized carbons (Fsp3) is 0.0833. The van der Waals surface area contributed by atoms with Gasteiger partial charge in [-0.05, 0) is 30.2 Å². The number of benzene rings is 1. The first-order chi connectivity index (χ1) is 7.63. The summed E-state index contributed by atoms with van der Waals surface area (Å²) >= 11 is 0. The molecule has 1 aromatic heterocycles. The third kappa shape index (κ3) is 1.52. The number of hydrogen-bond donors (Lipinski definition) is 1. The Morgan fingerprint density at radius 3 is 2.81 bits per heavy atom. The van der Waals surface area contributed by atoms with E-state index in [2.05, 4.69) is 0 Å². The molecule has 16 heavy (non-hydrogen) atoms. The lowest BCUT2D eigenvalue weighted by atomic mass is 10.0. The highest BCUT2D eigenvalue weighted by Crippen LogP contribution is 2.30. The molecule has 0 bridgehead atoms. The molecule has 2 rings (SSSR count). The van der Waals surface area contributed by atoms with E-state index < -0.39 is 0 Å². The van der Waals surface area contributed by atoms with Gasteiger partial charge in [-0.1, -0.05) is 6.07 Å². The molecule has 0 amide bonds. The molecule has 2 aromatic rings. The molecule has 1 heterocycles. The molecule has 0 spiro atoms. The van der Waals surface area contributed by atoms with E-state index in [1.54, 1.807) is 19.1 Å². The van der Waals surface area contributed by atoms with E-state index >= 15 is 0 Å². The van der Waals surface area contributed by atoms with Gasteiger partial charge in [-0.15, -0.1) is 0 Å². The van der Waals surface area contributed by atoms with Crippen molar-refractivity contribution in [2.45, 2.75) is 6.92 Å². The Morgan fingerprint density at radius 2 is 2.19 bits per heavy atom. The molecule has 0 aliphatic heterocycles. The minimum Gasteiger partial charge on any atom is -0.447 e. The Morgan fingerprint density at radius 1 is 1.44 bits per heavy atom. The Labute approximate surface area is 91.9 Å². The molecule has 0 saturated heterocycles. The molecule has 3 nitrogen and oxygen atoms in total. The van der Waals surface area contributed by atoms with Crippen LogP contribution in [0.3, 0.4) is 0 Å². The van der Waals surface area contributed by atoms with Crippen molar-refractivity contribution < 1.29 is 8.81 Å². The van der Waals surface area contributed by atoms with Crippen LogP contribution in [0.2, 0.25) is 0 Å². The summed E-state index contributed by atoms with van der Waals surface area (Å²) in [4.78, 5) is 0. The van der Waals surface area contributed by atoms with Gasteiger partial charge in [-0.25, -0.2) is 4.39 Å². The lowest BCUT2D eigenvalue weighted by molar-refractivity contribution is 0.588. The maximum absolute atomic E-state index is 13.1. The lowest BCUT2D eigenvalue weighted by Crippen LogP contribution is -1.88. The molecular weight excluding hydrogens is 207 g/mol. The van der Waals surface area contributed by atoms with Gasteiger partial charge in [-0.2, -0.15) is 5.26 Å². The zero-order chi connectivity index (χ0) is 11.7. The quantitative estimate of drug-likeness (QED) is 0.797. The van der Waals surface area contributed by atoms with Crippen molar-refractivity contribution in [3.05, 3.63) is 41.4 Å². The Hall–Kier alpha value is -2.28. The molecule has 0 unspecified atom stereocenters. The van der Waals surface area contributed by atoms with E-state index in [4.69, 9.17) is 15.4 Å². The summed E-state index contributed by atoms with van der Waals surface area (Å²) in [7, 11) is 0. The van der Waals surface area contributed by atoms with Gasteiger partial charge in [0, 0.05) is 5.56 Å². The van der Waals surface area contributed by atoms with Crippen LogP contribution in [0.25, 0.3) is 11.1 Å². The number of nitrogen functional groups attached to an aromatic ring is 1. The van der Waals surface area contributed by atoms with Crippen LogP contribution >= 0.6 is 0 Å². The average Bonchev–Trinajstić information content (AvgIpc) is 2.63. The standard InChI is InChI=1S/C12H9FN2O/c1-7-4-8(2-3-11(7)13)10-6-16-12(15)9(10)5-14/h2-4,6H,15H2,1H3. The van der Waals surface area contributed by atoms with Crippen LogP contribution in [0.1, 0.15) is 11.1 Å². The summed E-state index contributed by atoms with van der Waals surface area (Å²) in [5.74, 6) is -0.196. The second kappa shape index (κ2) is 3.70. The maximum atomic E-state index is 13.1. The average molecular weight is 216 g/mol. The number of nitrogens with zero attached hydrogens (tertiary/aromatic N) is 1. The Bertz CT molecular complexity index is 581. The molecule has 0 aliphatic rings. The SMILES string of the molecule is Cc1cc(-c2coc(N)c2C#N)ccc1F. The molecule has 0 atom stereocenters. The van der Waals surface area contributed by atoms with Gasteiger partial charge >= 0.3 is 0 Å². The summed E-state index contributed by atoms with van der Waals surface area (Å²) in [5, 5.41) is 8.91. The number of aryl methyl sites for hydroxylation is 1. The Kier molecular flexibility index (Phi) is 2.37. The molecule has 80 valence electrons. The van der Waals surface area contributed by atoms with Gasteiger partial charge < -0.3 is 10.2 Å². The molecule has 1 aromatic carbocycles. The fourth-order valence-electron chi connectivity index (χ4n) is 1.51. The van der Waals surface area contributed by atoms with Crippen molar-refractivity contribution in [3.8, 4) is 17.2 Å². The van der Waals surface area contributed by atoms with Crippen molar-refractivity contribution in [1.82, 2.24) is 0 Å². The predicted octanol–water partition coefficient (Wildman–Crippen LogP) is 2.85. The predicted molar refractivity (Wildman–Crippen MR) is 58.0 cm³/mol. The van der Waals surface area contributed by atoms with Crippen LogP contribution in [0.15, 0.2) is 28.9 Å². The number of nitriles is 1. The van der Waals surface area contributed by atoms with E-state index in [1.165, 1.54) is 12.3 Å². The minimum absolute atomic E-state index is 0.0829. The molecule has 4 heteroatoms. The van der Waals surface area contributed by atoms with Crippen molar-refractivity contribution >= 4 is 5.88 Å². The molecular formula is C12H9FN2O. The zero-order valence-electron chi connectivity index (χ0n) is 8.62. The lowest BCUT2D eigenvalue weighted by Gasteiger charge is -2.01. The smallest absolute Gasteiger partial charge is 0.208 e. The highest BCUT2D eigenvalue weighted by Gasteiger charge is 2.13. The van der Waals surface area contributed by atoms with Crippen LogP contribution in [-0.2, 0) is 0 Å². The minimum atomic E-state index is -0.279. The first-order valence-corrected chi connectivity index (χ1v) is 4.67. The monoisotopic (exact) mass is 216 g/mol. The zero-order valence-corrected chi connectivity index (χ0v) is 8.62. The number of anilines is 1. The second-order valence-electron chi connectivity index (χ2n) is 3.46. The topological polar surface area (TPSA) is 62.9 Å². The normalized spacial score (nSPS) is 10.1.